The first kappa shape index (κ1) is 10.5. The SMILES string of the molecule is CC(Cn1cncc1CCl)N(C)C. The van der Waals surface area contributed by atoms with E-state index in [1.165, 1.54) is 0 Å². The summed E-state index contributed by atoms with van der Waals surface area (Å²) in [4.78, 5) is 6.24. The van der Waals surface area contributed by atoms with Crippen LogP contribution in [0.2, 0.25) is 0 Å². The Labute approximate surface area is 84.3 Å². The highest BCUT2D eigenvalue weighted by molar-refractivity contribution is 6.16. The number of hydrogen-bond donors (Lipinski definition) is 0. The zero-order valence-corrected chi connectivity index (χ0v) is 9.12. The standard InChI is InChI=1S/C9H16ClN3/c1-8(12(2)3)6-13-7-11-5-9(13)4-10/h5,7-8H,4,6H2,1-3H3. The third kappa shape index (κ3) is 2.71. The molecule has 1 heterocycles. The highest BCUT2D eigenvalue weighted by Crippen LogP contribution is 2.05. The van der Waals surface area contributed by atoms with Crippen LogP contribution in [0.25, 0.3) is 0 Å². The lowest BCUT2D eigenvalue weighted by atomic mass is 10.3. The minimum Gasteiger partial charge on any atom is -0.332 e. The number of likely N-dealkylation sites (N-methyl/N-ethyl adjacent to an activating group) is 1. The Morgan fingerprint density at radius 2 is 2.31 bits per heavy atom. The third-order valence-corrected chi connectivity index (χ3v) is 2.55. The molecular formula is C9H16ClN3. The van der Waals surface area contributed by atoms with E-state index in [2.05, 4.69) is 35.5 Å². The maximum absolute atomic E-state index is 5.76. The molecule has 0 saturated heterocycles. The maximum atomic E-state index is 5.76. The van der Waals surface area contributed by atoms with E-state index >= 15 is 0 Å². The topological polar surface area (TPSA) is 21.1 Å². The van der Waals surface area contributed by atoms with E-state index in [1.807, 2.05) is 12.5 Å². The first-order valence-corrected chi connectivity index (χ1v) is 4.90. The number of hydrogen-bond acceptors (Lipinski definition) is 2. The van der Waals surface area contributed by atoms with E-state index in [-0.39, 0.29) is 0 Å². The van der Waals surface area contributed by atoms with E-state index in [4.69, 9.17) is 11.6 Å². The van der Waals surface area contributed by atoms with Gasteiger partial charge < -0.3 is 9.47 Å². The van der Waals surface area contributed by atoms with Crippen LogP contribution >= 0.6 is 11.6 Å². The van der Waals surface area contributed by atoms with Gasteiger partial charge in [-0.15, -0.1) is 11.6 Å². The molecule has 0 amide bonds. The molecule has 0 radical (unpaired) electrons. The molecule has 0 fully saturated rings. The number of rotatable bonds is 4. The van der Waals surface area contributed by atoms with Crippen LogP contribution in [0.15, 0.2) is 12.5 Å². The first-order chi connectivity index (χ1) is 6.15. The summed E-state index contributed by atoms with van der Waals surface area (Å²) in [5.74, 6) is 0.528. The zero-order valence-electron chi connectivity index (χ0n) is 8.37. The summed E-state index contributed by atoms with van der Waals surface area (Å²) in [6.45, 7) is 3.12. The van der Waals surface area contributed by atoms with Gasteiger partial charge in [-0.25, -0.2) is 4.98 Å². The van der Waals surface area contributed by atoms with E-state index in [0.29, 0.717) is 11.9 Å². The van der Waals surface area contributed by atoms with Gasteiger partial charge in [-0.1, -0.05) is 0 Å². The molecule has 0 bridgehead atoms. The summed E-state index contributed by atoms with van der Waals surface area (Å²) in [6.07, 6.45) is 3.65. The van der Waals surface area contributed by atoms with Crippen molar-refractivity contribution in [2.75, 3.05) is 14.1 Å². The summed E-state index contributed by atoms with van der Waals surface area (Å²) in [5, 5.41) is 0. The number of aromatic nitrogens is 2. The summed E-state index contributed by atoms with van der Waals surface area (Å²) in [7, 11) is 4.14. The van der Waals surface area contributed by atoms with E-state index in [9.17, 15) is 0 Å². The van der Waals surface area contributed by atoms with Crippen molar-refractivity contribution in [3.63, 3.8) is 0 Å². The Bertz CT molecular complexity index is 257. The average molecular weight is 202 g/mol. The van der Waals surface area contributed by atoms with Crippen molar-refractivity contribution >= 4 is 11.6 Å². The van der Waals surface area contributed by atoms with Gasteiger partial charge in [0, 0.05) is 18.8 Å². The van der Waals surface area contributed by atoms with Crippen LogP contribution in [0.4, 0.5) is 0 Å². The molecule has 3 nitrogen and oxygen atoms in total. The minimum atomic E-state index is 0.496. The van der Waals surface area contributed by atoms with Crippen LogP contribution < -0.4 is 0 Å². The highest BCUT2D eigenvalue weighted by atomic mass is 35.5. The van der Waals surface area contributed by atoms with Gasteiger partial charge in [0.25, 0.3) is 0 Å². The quantitative estimate of drug-likeness (QED) is 0.690. The highest BCUT2D eigenvalue weighted by Gasteiger charge is 2.07. The van der Waals surface area contributed by atoms with Crippen LogP contribution in [0, 0.1) is 0 Å². The number of alkyl halides is 1. The predicted octanol–water partition coefficient (Wildman–Crippen LogP) is 1.57. The molecule has 0 spiro atoms. The molecule has 1 rings (SSSR count). The van der Waals surface area contributed by atoms with Crippen molar-refractivity contribution in [3.8, 4) is 0 Å². The molecule has 0 aliphatic heterocycles. The fourth-order valence-corrected chi connectivity index (χ4v) is 1.29. The summed E-state index contributed by atoms with van der Waals surface area (Å²) < 4.78 is 2.09. The largest absolute Gasteiger partial charge is 0.332 e. The Hall–Kier alpha value is -0.540. The van der Waals surface area contributed by atoms with Crippen molar-refractivity contribution < 1.29 is 0 Å². The minimum absolute atomic E-state index is 0.496. The normalized spacial score (nSPS) is 13.6. The lowest BCUT2D eigenvalue weighted by molar-refractivity contribution is 0.282. The molecule has 1 unspecified atom stereocenters. The second kappa shape index (κ2) is 4.63. The Kier molecular flexibility index (Phi) is 3.75. The van der Waals surface area contributed by atoms with E-state index in [1.54, 1.807) is 0 Å². The fraction of sp³-hybridized carbons (Fsp3) is 0.667. The monoisotopic (exact) mass is 201 g/mol. The van der Waals surface area contributed by atoms with Crippen molar-refractivity contribution in [2.45, 2.75) is 25.4 Å². The van der Waals surface area contributed by atoms with Gasteiger partial charge in [-0.05, 0) is 21.0 Å². The van der Waals surface area contributed by atoms with Gasteiger partial charge >= 0.3 is 0 Å². The Balaban J connectivity index is 2.62. The second-order valence-electron chi connectivity index (χ2n) is 3.48. The lowest BCUT2D eigenvalue weighted by Gasteiger charge is -2.20. The van der Waals surface area contributed by atoms with Crippen LogP contribution in [0.5, 0.6) is 0 Å². The van der Waals surface area contributed by atoms with Crippen molar-refractivity contribution in [1.82, 2.24) is 14.5 Å². The zero-order chi connectivity index (χ0) is 9.84. The Morgan fingerprint density at radius 1 is 1.62 bits per heavy atom. The van der Waals surface area contributed by atoms with Crippen molar-refractivity contribution in [3.05, 3.63) is 18.2 Å². The summed E-state index contributed by atoms with van der Waals surface area (Å²) >= 11 is 5.76. The van der Waals surface area contributed by atoms with E-state index < -0.39 is 0 Å². The third-order valence-electron chi connectivity index (χ3n) is 2.28. The molecular weight excluding hydrogens is 186 g/mol. The van der Waals surface area contributed by atoms with Crippen molar-refractivity contribution in [1.29, 1.82) is 0 Å². The molecule has 0 aromatic carbocycles. The number of nitrogens with zero attached hydrogens (tertiary/aromatic N) is 3. The molecule has 0 saturated carbocycles. The van der Waals surface area contributed by atoms with Crippen LogP contribution in [-0.4, -0.2) is 34.6 Å². The smallest absolute Gasteiger partial charge is 0.0949 e. The van der Waals surface area contributed by atoms with Gasteiger partial charge in [-0.3, -0.25) is 0 Å². The molecule has 1 aromatic rings. The van der Waals surface area contributed by atoms with Crippen LogP contribution in [0.3, 0.4) is 0 Å². The van der Waals surface area contributed by atoms with E-state index in [0.717, 1.165) is 12.2 Å². The summed E-state index contributed by atoms with van der Waals surface area (Å²) in [5.41, 5.74) is 1.08. The molecule has 13 heavy (non-hydrogen) atoms. The van der Waals surface area contributed by atoms with Gasteiger partial charge in [0.2, 0.25) is 0 Å². The number of imidazole rings is 1. The molecule has 0 aliphatic rings. The van der Waals surface area contributed by atoms with Gasteiger partial charge in [-0.2, -0.15) is 0 Å². The molecule has 0 aliphatic carbocycles. The summed E-state index contributed by atoms with van der Waals surface area (Å²) in [6, 6.07) is 0.496. The van der Waals surface area contributed by atoms with Gasteiger partial charge in [0.15, 0.2) is 0 Å². The van der Waals surface area contributed by atoms with Crippen LogP contribution in [0.1, 0.15) is 12.6 Å². The molecule has 1 atom stereocenters. The van der Waals surface area contributed by atoms with Crippen molar-refractivity contribution in [2.24, 2.45) is 0 Å². The fourth-order valence-electron chi connectivity index (χ4n) is 1.07. The molecule has 74 valence electrons. The van der Waals surface area contributed by atoms with Gasteiger partial charge in [0.1, 0.15) is 0 Å². The second-order valence-corrected chi connectivity index (χ2v) is 3.75. The average Bonchev–Trinajstić information content (AvgIpc) is 2.51. The first-order valence-electron chi connectivity index (χ1n) is 4.36. The molecule has 1 aromatic heterocycles. The lowest BCUT2D eigenvalue weighted by Crippen LogP contribution is -2.29. The maximum Gasteiger partial charge on any atom is 0.0949 e. The molecule has 4 heteroatoms. The van der Waals surface area contributed by atoms with Gasteiger partial charge in [0.05, 0.1) is 17.9 Å². The predicted molar refractivity (Wildman–Crippen MR) is 54.9 cm³/mol. The molecule has 0 N–H and O–H groups in total. The number of halogens is 1. The van der Waals surface area contributed by atoms with Crippen LogP contribution in [-0.2, 0) is 12.4 Å². The Morgan fingerprint density at radius 3 is 2.85 bits per heavy atom.